The Kier molecular flexibility index (Phi) is 7.06. The van der Waals surface area contributed by atoms with Crippen LogP contribution in [0.15, 0.2) is 93.3 Å². The zero-order valence-corrected chi connectivity index (χ0v) is 16.5. The van der Waals surface area contributed by atoms with Gasteiger partial charge in [-0.1, -0.05) is 25.5 Å². The van der Waals surface area contributed by atoms with Crippen LogP contribution in [-0.2, 0) is 12.6 Å². The predicted molar refractivity (Wildman–Crippen MR) is 111 cm³/mol. The molecule has 0 bridgehead atoms. The first kappa shape index (κ1) is 21.4. The Bertz CT molecular complexity index is 991. The fourth-order valence-corrected chi connectivity index (χ4v) is 2.64. The van der Waals surface area contributed by atoms with Crippen LogP contribution in [0.3, 0.4) is 0 Å². The van der Waals surface area contributed by atoms with Crippen LogP contribution in [-0.4, -0.2) is 0 Å². The van der Waals surface area contributed by atoms with E-state index in [4.69, 9.17) is 0 Å². The van der Waals surface area contributed by atoms with E-state index in [9.17, 15) is 13.2 Å². The van der Waals surface area contributed by atoms with Crippen molar-refractivity contribution in [1.82, 2.24) is 0 Å². The molecule has 0 saturated heterocycles. The van der Waals surface area contributed by atoms with E-state index in [1.807, 2.05) is 12.1 Å². The van der Waals surface area contributed by atoms with Crippen LogP contribution >= 0.6 is 0 Å². The van der Waals surface area contributed by atoms with Gasteiger partial charge in [-0.2, -0.15) is 33.6 Å². The molecule has 0 amide bonds. The van der Waals surface area contributed by atoms with Crippen molar-refractivity contribution < 1.29 is 13.2 Å². The summed E-state index contributed by atoms with van der Waals surface area (Å²) in [5.74, 6) is 0. The summed E-state index contributed by atoms with van der Waals surface area (Å²) in [7, 11) is 0. The molecule has 0 fully saturated rings. The van der Waals surface area contributed by atoms with Crippen LogP contribution < -0.4 is 0 Å². The second-order valence-corrected chi connectivity index (χ2v) is 6.73. The van der Waals surface area contributed by atoms with Crippen molar-refractivity contribution in [3.05, 3.63) is 83.9 Å². The Labute approximate surface area is 173 Å². The number of hydrogen-bond donors (Lipinski definition) is 0. The summed E-state index contributed by atoms with van der Waals surface area (Å²) in [6.07, 6.45) is -0.960. The number of benzene rings is 3. The van der Waals surface area contributed by atoms with Gasteiger partial charge in [0.25, 0.3) is 0 Å². The predicted octanol–water partition coefficient (Wildman–Crippen LogP) is 8.88. The first-order valence-electron chi connectivity index (χ1n) is 9.64. The van der Waals surface area contributed by atoms with E-state index < -0.39 is 11.7 Å². The van der Waals surface area contributed by atoms with E-state index in [-0.39, 0.29) is 0 Å². The zero-order chi connectivity index (χ0) is 21.4. The van der Waals surface area contributed by atoms with Gasteiger partial charge in [0.2, 0.25) is 0 Å². The van der Waals surface area contributed by atoms with Crippen LogP contribution in [0.5, 0.6) is 0 Å². The highest BCUT2D eigenvalue weighted by atomic mass is 19.4. The molecule has 0 aromatic heterocycles. The molecule has 0 spiro atoms. The number of azo groups is 2. The summed E-state index contributed by atoms with van der Waals surface area (Å²) >= 11 is 0. The van der Waals surface area contributed by atoms with Crippen LogP contribution in [0.2, 0.25) is 0 Å². The first-order chi connectivity index (χ1) is 14.4. The van der Waals surface area contributed by atoms with Gasteiger partial charge in [0.1, 0.15) is 0 Å². The molecule has 7 heteroatoms. The van der Waals surface area contributed by atoms with Crippen LogP contribution in [0, 0.1) is 0 Å². The summed E-state index contributed by atoms with van der Waals surface area (Å²) in [5, 5.41) is 16.4. The maximum Gasteiger partial charge on any atom is 0.416 e. The molecule has 0 atom stereocenters. The lowest BCUT2D eigenvalue weighted by molar-refractivity contribution is -0.137. The molecule has 0 heterocycles. The van der Waals surface area contributed by atoms with Crippen molar-refractivity contribution in [1.29, 1.82) is 0 Å². The van der Waals surface area contributed by atoms with Gasteiger partial charge >= 0.3 is 6.18 Å². The fraction of sp³-hybridized carbons (Fsp3) is 0.217. The van der Waals surface area contributed by atoms with E-state index in [0.717, 1.165) is 24.2 Å². The topological polar surface area (TPSA) is 49.4 Å². The van der Waals surface area contributed by atoms with Crippen molar-refractivity contribution >= 4 is 22.7 Å². The smallest absolute Gasteiger partial charge is 0.166 e. The maximum absolute atomic E-state index is 12.6. The highest BCUT2D eigenvalue weighted by molar-refractivity contribution is 5.48. The summed E-state index contributed by atoms with van der Waals surface area (Å²) in [6, 6.07) is 19.5. The molecule has 3 aromatic carbocycles. The molecule has 0 aliphatic carbocycles. The van der Waals surface area contributed by atoms with Gasteiger partial charge in [-0.15, -0.1) is 0 Å². The fourth-order valence-electron chi connectivity index (χ4n) is 2.64. The lowest BCUT2D eigenvalue weighted by Gasteiger charge is -2.05. The minimum Gasteiger partial charge on any atom is -0.166 e. The Morgan fingerprint density at radius 2 is 0.967 bits per heavy atom. The number of rotatable bonds is 7. The summed E-state index contributed by atoms with van der Waals surface area (Å²) in [4.78, 5) is 0. The molecule has 4 nitrogen and oxygen atoms in total. The molecule has 0 aliphatic rings. The number of unbranched alkanes of at least 4 members (excludes halogenated alkanes) is 1. The minimum absolute atomic E-state index is 0.342. The van der Waals surface area contributed by atoms with Crippen LogP contribution in [0.4, 0.5) is 35.9 Å². The molecule has 0 radical (unpaired) electrons. The van der Waals surface area contributed by atoms with Crippen molar-refractivity contribution in [2.45, 2.75) is 32.4 Å². The maximum atomic E-state index is 12.6. The molecular formula is C23H21F3N4. The van der Waals surface area contributed by atoms with Gasteiger partial charge in [-0.3, -0.25) is 0 Å². The Balaban J connectivity index is 1.59. The van der Waals surface area contributed by atoms with E-state index in [1.54, 1.807) is 24.3 Å². The lowest BCUT2D eigenvalue weighted by atomic mass is 10.1. The van der Waals surface area contributed by atoms with Crippen molar-refractivity contribution in [2.24, 2.45) is 20.5 Å². The van der Waals surface area contributed by atoms with Gasteiger partial charge in [0.05, 0.1) is 28.3 Å². The number of hydrogen-bond acceptors (Lipinski definition) is 4. The number of aryl methyl sites for hydroxylation is 1. The highest BCUT2D eigenvalue weighted by Crippen LogP contribution is 2.31. The lowest BCUT2D eigenvalue weighted by Crippen LogP contribution is -2.03. The van der Waals surface area contributed by atoms with Crippen molar-refractivity contribution in [3.8, 4) is 0 Å². The molecule has 3 aromatic rings. The third-order valence-electron chi connectivity index (χ3n) is 4.36. The van der Waals surface area contributed by atoms with Crippen LogP contribution in [0.1, 0.15) is 30.9 Å². The minimum atomic E-state index is -4.36. The average molecular weight is 410 g/mol. The Hall–Kier alpha value is -3.35. The number of halogens is 3. The SMILES string of the molecule is CCCCc1ccc(N=Nc2ccc(N=Nc3ccc(C(F)(F)F)cc3)cc2)cc1. The van der Waals surface area contributed by atoms with E-state index in [0.29, 0.717) is 17.1 Å². The summed E-state index contributed by atoms with van der Waals surface area (Å²) in [6.45, 7) is 2.17. The van der Waals surface area contributed by atoms with Crippen molar-refractivity contribution in [3.63, 3.8) is 0 Å². The summed E-state index contributed by atoms with van der Waals surface area (Å²) in [5.41, 5.74) is 2.92. The molecular weight excluding hydrogens is 389 g/mol. The largest absolute Gasteiger partial charge is 0.416 e. The second kappa shape index (κ2) is 9.91. The zero-order valence-electron chi connectivity index (χ0n) is 16.5. The number of alkyl halides is 3. The Morgan fingerprint density at radius 3 is 1.33 bits per heavy atom. The average Bonchev–Trinajstić information content (AvgIpc) is 2.76. The number of nitrogens with zero attached hydrogens (tertiary/aromatic N) is 4. The summed E-state index contributed by atoms with van der Waals surface area (Å²) < 4.78 is 37.7. The molecule has 3 rings (SSSR count). The highest BCUT2D eigenvalue weighted by Gasteiger charge is 2.29. The van der Waals surface area contributed by atoms with E-state index in [2.05, 4.69) is 39.5 Å². The quantitative estimate of drug-likeness (QED) is 0.349. The first-order valence-corrected chi connectivity index (χ1v) is 9.64. The molecule has 0 N–H and O–H groups in total. The second-order valence-electron chi connectivity index (χ2n) is 6.73. The van der Waals surface area contributed by atoms with Crippen LogP contribution in [0.25, 0.3) is 0 Å². The standard InChI is InChI=1S/C23H21F3N4/c1-2-3-4-17-5-9-19(10-6-17)27-29-21-13-15-22(16-14-21)30-28-20-11-7-18(8-12-20)23(24,25)26/h5-16H,2-4H2,1H3. The molecule has 0 saturated carbocycles. The molecule has 154 valence electrons. The van der Waals surface area contributed by atoms with Crippen molar-refractivity contribution in [2.75, 3.05) is 0 Å². The molecule has 0 unspecified atom stereocenters. The van der Waals surface area contributed by atoms with Gasteiger partial charge in [-0.25, -0.2) is 0 Å². The van der Waals surface area contributed by atoms with E-state index in [1.165, 1.54) is 30.5 Å². The molecule has 0 aliphatic heterocycles. The monoisotopic (exact) mass is 410 g/mol. The normalized spacial score (nSPS) is 12.1. The van der Waals surface area contributed by atoms with Gasteiger partial charge in [-0.05, 0) is 79.1 Å². The Morgan fingerprint density at radius 1 is 0.600 bits per heavy atom. The van der Waals surface area contributed by atoms with Gasteiger partial charge in [0, 0.05) is 0 Å². The third kappa shape index (κ3) is 6.34. The van der Waals surface area contributed by atoms with Gasteiger partial charge < -0.3 is 0 Å². The molecule has 30 heavy (non-hydrogen) atoms. The van der Waals surface area contributed by atoms with E-state index >= 15 is 0 Å². The third-order valence-corrected chi connectivity index (χ3v) is 4.36. The van der Waals surface area contributed by atoms with Gasteiger partial charge in [0.15, 0.2) is 0 Å².